The third-order valence-corrected chi connectivity index (χ3v) is 2.68. The number of hydrogen-bond acceptors (Lipinski definition) is 5. The molecule has 1 heterocycles. The number of amides is 1. The van der Waals surface area contributed by atoms with Crippen molar-refractivity contribution in [3.05, 3.63) is 54.5 Å². The minimum absolute atomic E-state index is 0.161. The van der Waals surface area contributed by atoms with Crippen LogP contribution in [0.4, 0.5) is 5.82 Å². The number of rotatable bonds is 6. The molecule has 0 saturated heterocycles. The minimum atomic E-state index is -0.398. The lowest BCUT2D eigenvalue weighted by atomic mass is 10.2. The first-order valence-electron chi connectivity index (χ1n) is 6.26. The molecular weight excluding hydrogens is 256 g/mol. The molecule has 0 aliphatic rings. The highest BCUT2D eigenvalue weighted by molar-refractivity contribution is 5.94. The Morgan fingerprint density at radius 3 is 2.70 bits per heavy atom. The summed E-state index contributed by atoms with van der Waals surface area (Å²) in [7, 11) is 0. The van der Waals surface area contributed by atoms with Crippen molar-refractivity contribution in [2.45, 2.75) is 6.04 Å². The first kappa shape index (κ1) is 14.0. The van der Waals surface area contributed by atoms with E-state index in [0.29, 0.717) is 17.9 Å². The van der Waals surface area contributed by atoms with Gasteiger partial charge in [0.2, 0.25) is 0 Å². The SMILES string of the molecule is O=C(NC(CO)CNc1cnccn1)c1ccccc1. The Balaban J connectivity index is 1.88. The Kier molecular flexibility index (Phi) is 5.02. The predicted octanol–water partition coefficient (Wildman–Crippen LogP) is 0.679. The van der Waals surface area contributed by atoms with Crippen LogP contribution in [0.1, 0.15) is 10.4 Å². The van der Waals surface area contributed by atoms with Gasteiger partial charge in [-0.2, -0.15) is 0 Å². The average Bonchev–Trinajstić information content (AvgIpc) is 2.53. The van der Waals surface area contributed by atoms with E-state index in [2.05, 4.69) is 20.6 Å². The van der Waals surface area contributed by atoms with Gasteiger partial charge in [0.25, 0.3) is 5.91 Å². The summed E-state index contributed by atoms with van der Waals surface area (Å²) < 4.78 is 0. The molecule has 1 amide bonds. The molecule has 0 saturated carbocycles. The quantitative estimate of drug-likeness (QED) is 0.720. The van der Waals surface area contributed by atoms with Crippen molar-refractivity contribution in [3.63, 3.8) is 0 Å². The van der Waals surface area contributed by atoms with Gasteiger partial charge in [0.15, 0.2) is 0 Å². The highest BCUT2D eigenvalue weighted by Gasteiger charge is 2.12. The number of aliphatic hydroxyl groups is 1. The monoisotopic (exact) mass is 272 g/mol. The lowest BCUT2D eigenvalue weighted by Crippen LogP contribution is -2.42. The van der Waals surface area contributed by atoms with E-state index in [0.717, 1.165) is 0 Å². The summed E-state index contributed by atoms with van der Waals surface area (Å²) in [6.07, 6.45) is 4.72. The van der Waals surface area contributed by atoms with Crippen molar-refractivity contribution in [1.82, 2.24) is 15.3 Å². The first-order valence-corrected chi connectivity index (χ1v) is 6.26. The molecule has 1 aromatic carbocycles. The number of anilines is 1. The van der Waals surface area contributed by atoms with Crippen LogP contribution in [0.2, 0.25) is 0 Å². The number of aliphatic hydroxyl groups excluding tert-OH is 1. The van der Waals surface area contributed by atoms with Crippen molar-refractivity contribution in [3.8, 4) is 0 Å². The molecule has 0 fully saturated rings. The van der Waals surface area contributed by atoms with Crippen LogP contribution in [0, 0.1) is 0 Å². The third kappa shape index (κ3) is 4.03. The Labute approximate surface area is 116 Å². The normalized spacial score (nSPS) is 11.7. The van der Waals surface area contributed by atoms with Gasteiger partial charge in [-0.1, -0.05) is 18.2 Å². The van der Waals surface area contributed by atoms with Crippen LogP contribution in [0.3, 0.4) is 0 Å². The Bertz CT molecular complexity index is 533. The van der Waals surface area contributed by atoms with Crippen LogP contribution >= 0.6 is 0 Å². The van der Waals surface area contributed by atoms with E-state index in [9.17, 15) is 9.90 Å². The van der Waals surface area contributed by atoms with Crippen LogP contribution < -0.4 is 10.6 Å². The van der Waals surface area contributed by atoms with Gasteiger partial charge in [0.05, 0.1) is 18.8 Å². The zero-order valence-corrected chi connectivity index (χ0v) is 10.9. The Morgan fingerprint density at radius 1 is 1.25 bits per heavy atom. The van der Waals surface area contributed by atoms with Gasteiger partial charge in [-0.15, -0.1) is 0 Å². The van der Waals surface area contributed by atoms with E-state index < -0.39 is 6.04 Å². The summed E-state index contributed by atoms with van der Waals surface area (Å²) in [5.74, 6) is 0.380. The fourth-order valence-electron chi connectivity index (χ4n) is 1.64. The summed E-state index contributed by atoms with van der Waals surface area (Å²) in [5.41, 5.74) is 0.561. The maximum Gasteiger partial charge on any atom is 0.251 e. The standard InChI is InChI=1S/C14H16N4O2/c19-10-12(8-17-13-9-15-6-7-16-13)18-14(20)11-4-2-1-3-5-11/h1-7,9,12,19H,8,10H2,(H,16,17)(H,18,20). The van der Waals surface area contributed by atoms with Gasteiger partial charge in [-0.25, -0.2) is 4.98 Å². The number of hydrogen-bond donors (Lipinski definition) is 3. The fourth-order valence-corrected chi connectivity index (χ4v) is 1.64. The molecule has 0 spiro atoms. The van der Waals surface area contributed by atoms with Crippen molar-refractivity contribution in [2.75, 3.05) is 18.5 Å². The van der Waals surface area contributed by atoms with E-state index in [4.69, 9.17) is 0 Å². The predicted molar refractivity (Wildman–Crippen MR) is 75.3 cm³/mol. The van der Waals surface area contributed by atoms with E-state index in [1.54, 1.807) is 42.9 Å². The number of carbonyl (C=O) groups excluding carboxylic acids is 1. The summed E-state index contributed by atoms with van der Waals surface area (Å²) >= 11 is 0. The van der Waals surface area contributed by atoms with Crippen LogP contribution in [0.5, 0.6) is 0 Å². The number of aromatic nitrogens is 2. The molecule has 2 rings (SSSR count). The zero-order chi connectivity index (χ0) is 14.2. The van der Waals surface area contributed by atoms with Gasteiger partial charge in [0, 0.05) is 24.5 Å². The minimum Gasteiger partial charge on any atom is -0.394 e. The highest BCUT2D eigenvalue weighted by atomic mass is 16.3. The van der Waals surface area contributed by atoms with Gasteiger partial charge in [-0.3, -0.25) is 9.78 Å². The highest BCUT2D eigenvalue weighted by Crippen LogP contribution is 2.00. The second-order valence-corrected chi connectivity index (χ2v) is 4.19. The largest absolute Gasteiger partial charge is 0.394 e. The summed E-state index contributed by atoms with van der Waals surface area (Å²) in [5, 5.41) is 15.1. The molecule has 6 heteroatoms. The van der Waals surface area contributed by atoms with E-state index in [1.165, 1.54) is 0 Å². The fraction of sp³-hybridized carbons (Fsp3) is 0.214. The van der Waals surface area contributed by atoms with Gasteiger partial charge < -0.3 is 15.7 Å². The lowest BCUT2D eigenvalue weighted by molar-refractivity contribution is 0.0920. The van der Waals surface area contributed by atoms with Crippen molar-refractivity contribution >= 4 is 11.7 Å². The van der Waals surface area contributed by atoms with E-state index in [-0.39, 0.29) is 12.5 Å². The van der Waals surface area contributed by atoms with Gasteiger partial charge in [-0.05, 0) is 12.1 Å². The summed E-state index contributed by atoms with van der Waals surface area (Å²) in [6, 6.07) is 8.47. The van der Waals surface area contributed by atoms with Gasteiger partial charge >= 0.3 is 0 Å². The smallest absolute Gasteiger partial charge is 0.251 e. The van der Waals surface area contributed by atoms with Crippen LogP contribution in [0.25, 0.3) is 0 Å². The zero-order valence-electron chi connectivity index (χ0n) is 10.9. The number of carbonyl (C=O) groups is 1. The second kappa shape index (κ2) is 7.20. The molecule has 1 unspecified atom stereocenters. The van der Waals surface area contributed by atoms with E-state index in [1.807, 2.05) is 6.07 Å². The topological polar surface area (TPSA) is 87.1 Å². The molecule has 0 bridgehead atoms. The second-order valence-electron chi connectivity index (χ2n) is 4.19. The molecule has 20 heavy (non-hydrogen) atoms. The van der Waals surface area contributed by atoms with Crippen LogP contribution in [0.15, 0.2) is 48.9 Å². The number of nitrogens with zero attached hydrogens (tertiary/aromatic N) is 2. The average molecular weight is 272 g/mol. The van der Waals surface area contributed by atoms with E-state index >= 15 is 0 Å². The third-order valence-electron chi connectivity index (χ3n) is 2.68. The summed E-state index contributed by atoms with van der Waals surface area (Å²) in [6.45, 7) is 0.208. The number of nitrogens with one attached hydrogen (secondary N) is 2. The van der Waals surface area contributed by atoms with Crippen molar-refractivity contribution < 1.29 is 9.90 Å². The number of benzene rings is 1. The molecule has 104 valence electrons. The molecule has 0 aliphatic carbocycles. The van der Waals surface area contributed by atoms with Crippen molar-refractivity contribution in [2.24, 2.45) is 0 Å². The summed E-state index contributed by atoms with van der Waals surface area (Å²) in [4.78, 5) is 19.9. The molecule has 0 aliphatic heterocycles. The molecular formula is C14H16N4O2. The molecule has 1 aromatic heterocycles. The molecule has 1 atom stereocenters. The molecule has 6 nitrogen and oxygen atoms in total. The molecule has 2 aromatic rings. The Hall–Kier alpha value is -2.47. The van der Waals surface area contributed by atoms with Gasteiger partial charge in [0.1, 0.15) is 5.82 Å². The van der Waals surface area contributed by atoms with Crippen LogP contribution in [-0.2, 0) is 0 Å². The lowest BCUT2D eigenvalue weighted by Gasteiger charge is -2.17. The Morgan fingerprint density at radius 2 is 2.05 bits per heavy atom. The van der Waals surface area contributed by atoms with Crippen molar-refractivity contribution in [1.29, 1.82) is 0 Å². The molecule has 3 N–H and O–H groups in total. The van der Waals surface area contributed by atoms with Crippen LogP contribution in [-0.4, -0.2) is 40.2 Å². The first-order chi connectivity index (χ1) is 9.79. The maximum atomic E-state index is 11.9. The molecule has 0 radical (unpaired) electrons. The maximum absolute atomic E-state index is 11.9.